The van der Waals surface area contributed by atoms with Crippen molar-refractivity contribution in [1.29, 1.82) is 0 Å². The SMILES string of the molecule is COCC1CCN(S(=O)(=O)c2ccccc2F)C1. The maximum Gasteiger partial charge on any atom is 0.245 e. The van der Waals surface area contributed by atoms with Crippen molar-refractivity contribution in [2.75, 3.05) is 26.8 Å². The summed E-state index contributed by atoms with van der Waals surface area (Å²) in [5, 5.41) is 0. The van der Waals surface area contributed by atoms with E-state index in [1.165, 1.54) is 22.5 Å². The van der Waals surface area contributed by atoms with Crippen molar-refractivity contribution in [3.05, 3.63) is 30.1 Å². The number of sulfonamides is 1. The van der Waals surface area contributed by atoms with E-state index in [4.69, 9.17) is 4.74 Å². The zero-order chi connectivity index (χ0) is 13.2. The molecule has 0 aromatic heterocycles. The third-order valence-electron chi connectivity index (χ3n) is 3.11. The van der Waals surface area contributed by atoms with E-state index in [9.17, 15) is 12.8 Å². The van der Waals surface area contributed by atoms with Gasteiger partial charge in [0.2, 0.25) is 10.0 Å². The van der Waals surface area contributed by atoms with E-state index in [-0.39, 0.29) is 10.8 Å². The summed E-state index contributed by atoms with van der Waals surface area (Å²) in [5.41, 5.74) is 0. The van der Waals surface area contributed by atoms with Crippen molar-refractivity contribution in [2.24, 2.45) is 5.92 Å². The van der Waals surface area contributed by atoms with Gasteiger partial charge in [0.25, 0.3) is 0 Å². The van der Waals surface area contributed by atoms with Gasteiger partial charge < -0.3 is 4.74 Å². The summed E-state index contributed by atoms with van der Waals surface area (Å²) >= 11 is 0. The number of ether oxygens (including phenoxy) is 1. The zero-order valence-electron chi connectivity index (χ0n) is 10.2. The van der Waals surface area contributed by atoms with Gasteiger partial charge in [-0.3, -0.25) is 0 Å². The van der Waals surface area contributed by atoms with E-state index in [0.717, 1.165) is 12.5 Å². The van der Waals surface area contributed by atoms with Crippen LogP contribution in [-0.2, 0) is 14.8 Å². The molecule has 1 atom stereocenters. The minimum Gasteiger partial charge on any atom is -0.384 e. The molecule has 1 aromatic carbocycles. The van der Waals surface area contributed by atoms with Gasteiger partial charge in [-0.1, -0.05) is 12.1 Å². The fraction of sp³-hybridized carbons (Fsp3) is 0.500. The molecule has 0 N–H and O–H groups in total. The molecule has 1 aromatic rings. The molecule has 4 nitrogen and oxygen atoms in total. The minimum atomic E-state index is -3.72. The number of rotatable bonds is 4. The Bertz CT molecular complexity index is 518. The van der Waals surface area contributed by atoms with Crippen LogP contribution < -0.4 is 0 Å². The summed E-state index contributed by atoms with van der Waals surface area (Å²) in [6.07, 6.45) is 0.752. The molecule has 2 rings (SSSR count). The highest BCUT2D eigenvalue weighted by atomic mass is 32.2. The molecule has 1 aliphatic rings. The fourth-order valence-electron chi connectivity index (χ4n) is 2.18. The number of hydrogen-bond donors (Lipinski definition) is 0. The number of benzene rings is 1. The summed E-state index contributed by atoms with van der Waals surface area (Å²) < 4.78 is 44.4. The van der Waals surface area contributed by atoms with Crippen LogP contribution in [0.15, 0.2) is 29.2 Å². The summed E-state index contributed by atoms with van der Waals surface area (Å²) in [4.78, 5) is -0.247. The van der Waals surface area contributed by atoms with Gasteiger partial charge in [-0.2, -0.15) is 4.31 Å². The van der Waals surface area contributed by atoms with Gasteiger partial charge in [0.1, 0.15) is 10.7 Å². The standard InChI is InChI=1S/C12H16FNO3S/c1-17-9-10-6-7-14(8-10)18(15,16)12-5-3-2-4-11(12)13/h2-5,10H,6-9H2,1H3. The average molecular weight is 273 g/mol. The van der Waals surface area contributed by atoms with E-state index in [0.29, 0.717) is 19.7 Å². The Morgan fingerprint density at radius 3 is 2.83 bits per heavy atom. The molecule has 18 heavy (non-hydrogen) atoms. The topological polar surface area (TPSA) is 46.6 Å². The predicted octanol–water partition coefficient (Wildman–Crippen LogP) is 1.48. The van der Waals surface area contributed by atoms with Crippen LogP contribution in [-0.4, -0.2) is 39.5 Å². The lowest BCUT2D eigenvalue weighted by Crippen LogP contribution is -2.30. The highest BCUT2D eigenvalue weighted by Crippen LogP contribution is 2.25. The van der Waals surface area contributed by atoms with Crippen LogP contribution in [0.4, 0.5) is 4.39 Å². The number of nitrogens with zero attached hydrogens (tertiary/aromatic N) is 1. The summed E-state index contributed by atoms with van der Waals surface area (Å²) in [7, 11) is -2.13. The molecule has 6 heteroatoms. The number of hydrogen-bond acceptors (Lipinski definition) is 3. The second-order valence-corrected chi connectivity index (χ2v) is 6.31. The van der Waals surface area contributed by atoms with Gasteiger partial charge >= 0.3 is 0 Å². The molecule has 0 amide bonds. The van der Waals surface area contributed by atoms with Crippen molar-refractivity contribution >= 4 is 10.0 Å². The lowest BCUT2D eigenvalue weighted by Gasteiger charge is -2.16. The Balaban J connectivity index is 2.21. The minimum absolute atomic E-state index is 0.191. The molecular formula is C12H16FNO3S. The van der Waals surface area contributed by atoms with E-state index in [1.54, 1.807) is 7.11 Å². The smallest absolute Gasteiger partial charge is 0.245 e. The van der Waals surface area contributed by atoms with E-state index in [1.807, 2.05) is 0 Å². The Labute approximate surface area is 106 Å². The Morgan fingerprint density at radius 1 is 1.44 bits per heavy atom. The Morgan fingerprint density at radius 2 is 2.17 bits per heavy atom. The first kappa shape index (κ1) is 13.5. The van der Waals surface area contributed by atoms with Gasteiger partial charge in [-0.15, -0.1) is 0 Å². The third-order valence-corrected chi connectivity index (χ3v) is 5.00. The third kappa shape index (κ3) is 2.55. The molecule has 0 aliphatic carbocycles. The molecule has 0 bridgehead atoms. The van der Waals surface area contributed by atoms with Crippen molar-refractivity contribution < 1.29 is 17.5 Å². The molecular weight excluding hydrogens is 257 g/mol. The molecule has 100 valence electrons. The van der Waals surface area contributed by atoms with Gasteiger partial charge in [0.15, 0.2) is 0 Å². The zero-order valence-corrected chi connectivity index (χ0v) is 11.0. The highest BCUT2D eigenvalue weighted by molar-refractivity contribution is 7.89. The van der Waals surface area contributed by atoms with Crippen molar-refractivity contribution in [2.45, 2.75) is 11.3 Å². The lowest BCUT2D eigenvalue weighted by molar-refractivity contribution is 0.157. The highest BCUT2D eigenvalue weighted by Gasteiger charge is 2.33. The summed E-state index contributed by atoms with van der Waals surface area (Å²) in [5.74, 6) is -0.510. The predicted molar refractivity (Wildman–Crippen MR) is 65.1 cm³/mol. The first-order valence-electron chi connectivity index (χ1n) is 5.79. The number of methoxy groups -OCH3 is 1. The maximum absolute atomic E-state index is 13.6. The van der Waals surface area contributed by atoms with Crippen molar-refractivity contribution in [1.82, 2.24) is 4.31 Å². The van der Waals surface area contributed by atoms with E-state index >= 15 is 0 Å². The first-order chi connectivity index (χ1) is 8.55. The molecule has 0 radical (unpaired) electrons. The molecule has 1 unspecified atom stereocenters. The monoisotopic (exact) mass is 273 g/mol. The van der Waals surface area contributed by atoms with Gasteiger partial charge in [0, 0.05) is 20.2 Å². The second kappa shape index (κ2) is 5.34. The van der Waals surface area contributed by atoms with Crippen LogP contribution >= 0.6 is 0 Å². The normalized spacial score (nSPS) is 21.3. The number of halogens is 1. The van der Waals surface area contributed by atoms with Crippen LogP contribution in [0.2, 0.25) is 0 Å². The molecule has 1 aliphatic heterocycles. The van der Waals surface area contributed by atoms with Crippen LogP contribution in [0.1, 0.15) is 6.42 Å². The van der Waals surface area contributed by atoms with Crippen molar-refractivity contribution in [3.8, 4) is 0 Å². The van der Waals surface area contributed by atoms with Crippen LogP contribution in [0.3, 0.4) is 0 Å². The van der Waals surface area contributed by atoms with Gasteiger partial charge in [-0.25, -0.2) is 12.8 Å². The Kier molecular flexibility index (Phi) is 3.99. The van der Waals surface area contributed by atoms with E-state index in [2.05, 4.69) is 0 Å². The lowest BCUT2D eigenvalue weighted by atomic mass is 10.1. The first-order valence-corrected chi connectivity index (χ1v) is 7.23. The quantitative estimate of drug-likeness (QED) is 0.835. The Hall–Kier alpha value is -0.980. The van der Waals surface area contributed by atoms with Gasteiger partial charge in [0.05, 0.1) is 6.61 Å². The summed E-state index contributed by atoms with van der Waals surface area (Å²) in [6, 6.07) is 5.47. The molecule has 1 saturated heterocycles. The van der Waals surface area contributed by atoms with Crippen molar-refractivity contribution in [3.63, 3.8) is 0 Å². The van der Waals surface area contributed by atoms with Crippen LogP contribution in [0.25, 0.3) is 0 Å². The molecule has 1 fully saturated rings. The molecule has 1 heterocycles. The fourth-order valence-corrected chi connectivity index (χ4v) is 3.78. The molecule has 0 spiro atoms. The van der Waals surface area contributed by atoms with E-state index < -0.39 is 15.8 Å². The maximum atomic E-state index is 13.6. The van der Waals surface area contributed by atoms with Crippen LogP contribution in [0, 0.1) is 11.7 Å². The average Bonchev–Trinajstić information content (AvgIpc) is 2.79. The van der Waals surface area contributed by atoms with Crippen LogP contribution in [0.5, 0.6) is 0 Å². The molecule has 0 saturated carbocycles. The summed E-state index contributed by atoms with van der Waals surface area (Å²) in [6.45, 7) is 1.35. The van der Waals surface area contributed by atoms with Gasteiger partial charge in [-0.05, 0) is 24.5 Å². The largest absolute Gasteiger partial charge is 0.384 e. The second-order valence-electron chi connectivity index (χ2n) is 4.40.